The highest BCUT2D eigenvalue weighted by molar-refractivity contribution is 6.00. The Morgan fingerprint density at radius 1 is 1.22 bits per heavy atom. The van der Waals surface area contributed by atoms with Crippen LogP contribution in [-0.4, -0.2) is 16.0 Å². The summed E-state index contributed by atoms with van der Waals surface area (Å²) in [6, 6.07) is 11.3. The van der Waals surface area contributed by atoms with E-state index in [0.29, 0.717) is 22.7 Å². The van der Waals surface area contributed by atoms with Gasteiger partial charge in [0.25, 0.3) is 5.91 Å². The van der Waals surface area contributed by atoms with E-state index in [1.165, 1.54) is 12.1 Å². The summed E-state index contributed by atoms with van der Waals surface area (Å²) in [6.45, 7) is 1.96. The number of nitrogens with zero attached hydrogens (tertiary/aromatic N) is 2. The molecule has 23 heavy (non-hydrogen) atoms. The molecule has 1 amide bonds. The van der Waals surface area contributed by atoms with Crippen LogP contribution in [0.4, 0.5) is 4.39 Å². The molecule has 3 aromatic rings. The predicted octanol–water partition coefficient (Wildman–Crippen LogP) is 3.11. The minimum atomic E-state index is -0.313. The Bertz CT molecular complexity index is 814. The quantitative estimate of drug-likeness (QED) is 0.804. The number of aryl methyl sites for hydroxylation is 1. The molecule has 0 unspecified atom stereocenters. The van der Waals surface area contributed by atoms with Crippen LogP contribution in [0.1, 0.15) is 21.7 Å². The zero-order valence-corrected chi connectivity index (χ0v) is 12.4. The Morgan fingerprint density at radius 2 is 2.00 bits per heavy atom. The largest absolute Gasteiger partial charge is 0.360 e. The first kappa shape index (κ1) is 14.9. The Labute approximate surface area is 132 Å². The van der Waals surface area contributed by atoms with Crippen LogP contribution in [0.2, 0.25) is 0 Å². The van der Waals surface area contributed by atoms with Gasteiger partial charge in [-0.05, 0) is 36.8 Å². The third kappa shape index (κ3) is 3.26. The zero-order valence-electron chi connectivity index (χ0n) is 12.4. The number of aromatic nitrogens is 2. The maximum atomic E-state index is 12.9. The Hall–Kier alpha value is -3.02. The molecule has 2 aromatic heterocycles. The van der Waals surface area contributed by atoms with Gasteiger partial charge >= 0.3 is 0 Å². The Balaban J connectivity index is 1.80. The molecule has 0 bridgehead atoms. The zero-order chi connectivity index (χ0) is 16.2. The van der Waals surface area contributed by atoms with Gasteiger partial charge in [-0.3, -0.25) is 9.78 Å². The number of amides is 1. The molecule has 3 rings (SSSR count). The number of pyridine rings is 1. The summed E-state index contributed by atoms with van der Waals surface area (Å²) in [5.74, 6) is -0.205. The van der Waals surface area contributed by atoms with Crippen molar-refractivity contribution >= 4 is 5.91 Å². The smallest absolute Gasteiger partial charge is 0.257 e. The second-order valence-electron chi connectivity index (χ2n) is 4.99. The van der Waals surface area contributed by atoms with Crippen LogP contribution in [0.3, 0.4) is 0 Å². The lowest BCUT2D eigenvalue weighted by Gasteiger charge is -2.06. The summed E-state index contributed by atoms with van der Waals surface area (Å²) in [4.78, 5) is 16.6. The number of benzene rings is 1. The van der Waals surface area contributed by atoms with Crippen LogP contribution >= 0.6 is 0 Å². The maximum absolute atomic E-state index is 12.9. The van der Waals surface area contributed by atoms with Gasteiger partial charge in [-0.2, -0.15) is 0 Å². The predicted molar refractivity (Wildman–Crippen MR) is 82.0 cm³/mol. The van der Waals surface area contributed by atoms with Gasteiger partial charge in [0.15, 0.2) is 0 Å². The number of nitrogens with one attached hydrogen (secondary N) is 1. The standard InChI is InChI=1S/C17H14FN3O2/c1-11-15(16(21-23-11)14-4-2-3-9-19-14)17(22)20-10-12-5-7-13(18)8-6-12/h2-9H,10H2,1H3,(H,20,22). The molecule has 1 N–H and O–H groups in total. The van der Waals surface area contributed by atoms with Crippen LogP contribution in [0.25, 0.3) is 11.4 Å². The summed E-state index contributed by atoms with van der Waals surface area (Å²) < 4.78 is 18.0. The summed E-state index contributed by atoms with van der Waals surface area (Å²) in [7, 11) is 0. The molecule has 0 saturated heterocycles. The number of halogens is 1. The van der Waals surface area contributed by atoms with Crippen molar-refractivity contribution in [3.05, 3.63) is 71.4 Å². The fourth-order valence-electron chi connectivity index (χ4n) is 2.19. The van der Waals surface area contributed by atoms with Crippen LogP contribution in [0.15, 0.2) is 53.2 Å². The van der Waals surface area contributed by atoms with E-state index in [4.69, 9.17) is 4.52 Å². The van der Waals surface area contributed by atoms with Gasteiger partial charge in [-0.1, -0.05) is 23.4 Å². The third-order valence-corrected chi connectivity index (χ3v) is 3.36. The highest BCUT2D eigenvalue weighted by Gasteiger charge is 2.22. The van der Waals surface area contributed by atoms with Crippen LogP contribution in [0, 0.1) is 12.7 Å². The van der Waals surface area contributed by atoms with Gasteiger partial charge in [0, 0.05) is 12.7 Å². The molecule has 0 spiro atoms. The number of hydrogen-bond acceptors (Lipinski definition) is 4. The molecule has 5 nitrogen and oxygen atoms in total. The van der Waals surface area contributed by atoms with Crippen molar-refractivity contribution in [3.8, 4) is 11.4 Å². The highest BCUT2D eigenvalue weighted by Crippen LogP contribution is 2.23. The summed E-state index contributed by atoms with van der Waals surface area (Å²) in [5.41, 5.74) is 2.12. The molecule has 2 heterocycles. The molecule has 1 aromatic carbocycles. The topological polar surface area (TPSA) is 68.0 Å². The molecule has 0 atom stereocenters. The number of hydrogen-bond donors (Lipinski definition) is 1. The average Bonchev–Trinajstić information content (AvgIpc) is 2.96. The first-order valence-electron chi connectivity index (χ1n) is 7.05. The third-order valence-electron chi connectivity index (χ3n) is 3.36. The van der Waals surface area contributed by atoms with Crippen LogP contribution in [-0.2, 0) is 6.54 Å². The Kier molecular flexibility index (Phi) is 4.14. The molecule has 0 aliphatic rings. The van der Waals surface area contributed by atoms with Crippen molar-refractivity contribution in [2.75, 3.05) is 0 Å². The van der Waals surface area contributed by atoms with Gasteiger partial charge in [-0.25, -0.2) is 4.39 Å². The molecule has 6 heteroatoms. The van der Waals surface area contributed by atoms with E-state index < -0.39 is 0 Å². The molecular weight excluding hydrogens is 297 g/mol. The van der Waals surface area contributed by atoms with Crippen molar-refractivity contribution in [1.82, 2.24) is 15.5 Å². The summed E-state index contributed by atoms with van der Waals surface area (Å²) in [6.07, 6.45) is 1.62. The molecule has 116 valence electrons. The number of rotatable bonds is 4. The highest BCUT2D eigenvalue weighted by atomic mass is 19.1. The normalized spacial score (nSPS) is 10.5. The second-order valence-corrected chi connectivity index (χ2v) is 4.99. The van der Waals surface area contributed by atoms with Crippen molar-refractivity contribution in [2.24, 2.45) is 0 Å². The first-order chi connectivity index (χ1) is 11.1. The van der Waals surface area contributed by atoms with E-state index in [9.17, 15) is 9.18 Å². The van der Waals surface area contributed by atoms with Crippen molar-refractivity contribution < 1.29 is 13.7 Å². The molecule has 0 saturated carbocycles. The van der Waals surface area contributed by atoms with E-state index >= 15 is 0 Å². The molecule has 0 fully saturated rings. The second kappa shape index (κ2) is 6.39. The van der Waals surface area contributed by atoms with Gasteiger partial charge in [0.2, 0.25) is 0 Å². The molecule has 0 aliphatic heterocycles. The lowest BCUT2D eigenvalue weighted by atomic mass is 10.1. The lowest BCUT2D eigenvalue weighted by Crippen LogP contribution is -2.23. The van der Waals surface area contributed by atoms with E-state index in [-0.39, 0.29) is 18.3 Å². The molecule has 0 aliphatic carbocycles. The van der Waals surface area contributed by atoms with Gasteiger partial charge in [0.05, 0.1) is 5.69 Å². The fraction of sp³-hybridized carbons (Fsp3) is 0.118. The monoisotopic (exact) mass is 311 g/mol. The lowest BCUT2D eigenvalue weighted by molar-refractivity contribution is 0.0950. The van der Waals surface area contributed by atoms with Crippen LogP contribution in [0.5, 0.6) is 0 Å². The summed E-state index contributed by atoms with van der Waals surface area (Å²) >= 11 is 0. The van der Waals surface area contributed by atoms with Crippen LogP contribution < -0.4 is 5.32 Å². The minimum Gasteiger partial charge on any atom is -0.360 e. The summed E-state index contributed by atoms with van der Waals surface area (Å²) in [5, 5.41) is 6.71. The van der Waals surface area contributed by atoms with Crippen molar-refractivity contribution in [2.45, 2.75) is 13.5 Å². The number of carbonyl (C=O) groups is 1. The van der Waals surface area contributed by atoms with Crippen molar-refractivity contribution in [3.63, 3.8) is 0 Å². The average molecular weight is 311 g/mol. The maximum Gasteiger partial charge on any atom is 0.257 e. The molecule has 0 radical (unpaired) electrons. The minimum absolute atomic E-state index is 0.283. The fourth-order valence-corrected chi connectivity index (χ4v) is 2.19. The van der Waals surface area contributed by atoms with E-state index in [2.05, 4.69) is 15.5 Å². The first-order valence-corrected chi connectivity index (χ1v) is 7.05. The van der Waals surface area contributed by atoms with E-state index in [1.54, 1.807) is 37.4 Å². The Morgan fingerprint density at radius 3 is 2.70 bits per heavy atom. The van der Waals surface area contributed by atoms with E-state index in [1.807, 2.05) is 6.07 Å². The van der Waals surface area contributed by atoms with Gasteiger partial charge in [-0.15, -0.1) is 0 Å². The van der Waals surface area contributed by atoms with Crippen molar-refractivity contribution in [1.29, 1.82) is 0 Å². The van der Waals surface area contributed by atoms with Gasteiger partial charge < -0.3 is 9.84 Å². The van der Waals surface area contributed by atoms with E-state index in [0.717, 1.165) is 5.56 Å². The molecular formula is C17H14FN3O2. The van der Waals surface area contributed by atoms with Gasteiger partial charge in [0.1, 0.15) is 22.8 Å². The SMILES string of the molecule is Cc1onc(-c2ccccn2)c1C(=O)NCc1ccc(F)cc1. The number of carbonyl (C=O) groups excluding carboxylic acids is 1.